The van der Waals surface area contributed by atoms with Crippen LogP contribution >= 0.6 is 0 Å². The standard InChI is InChI=1S/C18H21N7O3.C15H16N6O3.C14H14N6O3.C11H8N4O6.C6H3FN2O4.C5H6N2O2/c1-2-19-18(27)23-17-21-13-4-3-12(9-14(13)22-17)25-10-15(20-11-25)16(26)24-5-7-28-8-6-24;1-3-16-15(23)20-14-18-10-5-4-9(6-11(10)19-14)21-7-12(17-8-21)13(22)24-2;1-2-15-14(23)19-13-17-9-4-3-8(5-10(9)18-13)20-6-11(12(21)22)16-7-20;1-21-11(16)8-5-13(6-12-8)7-2-3-9(14(17)18)10(4-7)15(19)20;7-4-1-2-5(8(10)11)6(3-4)9(12)13;1-9-5(8)4-2-6-3-7-4/h3-4,9-11H,2,5-8H2,1H3,(H3,19,21,22,23,27);4-8H,3H2,1-2H3,(H3,16,18,19,20,23);3-7H,2H2,1H3,(H,21,22)(H3,15,17,18,19,23);2-6H,1H3;1-3H;2-3H,1H3,(H,6,7). The van der Waals surface area contributed by atoms with Crippen molar-refractivity contribution >= 4 is 122 Å². The molecule has 0 saturated carbocycles. The van der Waals surface area contributed by atoms with E-state index in [1.54, 1.807) is 55.5 Å². The summed E-state index contributed by atoms with van der Waals surface area (Å²) in [6.07, 6.45) is 14.7. The van der Waals surface area contributed by atoms with Gasteiger partial charge in [-0.05, 0) is 87.5 Å². The Morgan fingerprint density at radius 2 is 0.839 bits per heavy atom. The largest absolute Gasteiger partial charge is 0.476 e. The summed E-state index contributed by atoms with van der Waals surface area (Å²) < 4.78 is 37.6. The third-order valence-corrected chi connectivity index (χ3v) is 15.7. The minimum absolute atomic E-state index is 0.0125. The predicted octanol–water partition coefficient (Wildman–Crippen LogP) is 7.94. The van der Waals surface area contributed by atoms with Crippen molar-refractivity contribution in [2.75, 3.05) is 83.2 Å². The van der Waals surface area contributed by atoms with Crippen LogP contribution in [0, 0.1) is 46.3 Å². The molecule has 1 aliphatic heterocycles. The number of hydrogen-bond donors (Lipinski definition) is 11. The molecule has 0 atom stereocenters. The fourth-order valence-electron chi connectivity index (χ4n) is 10.3. The first-order valence-corrected chi connectivity index (χ1v) is 34.3. The van der Waals surface area contributed by atoms with Gasteiger partial charge in [-0.1, -0.05) is 0 Å². The number of fused-ring (bicyclic) bond motifs is 3. The minimum atomic E-state index is -1.08. The number of carbonyl (C=O) groups excluding carboxylic acids is 7. The number of hydrogen-bond acceptors (Lipinski definition) is 28. The zero-order valence-electron chi connectivity index (χ0n) is 62.5. The van der Waals surface area contributed by atoms with Crippen LogP contribution in [0.1, 0.15) is 73.2 Å². The van der Waals surface area contributed by atoms with E-state index in [9.17, 15) is 83.2 Å². The first kappa shape index (κ1) is 85.2. The zero-order valence-corrected chi connectivity index (χ0v) is 62.5. The maximum atomic E-state index is 12.5. The molecule has 0 spiro atoms. The number of imidazole rings is 8. The number of halogens is 1. The Labute approximate surface area is 659 Å². The fraction of sp³-hybridized carbons (Fsp3) is 0.188. The van der Waals surface area contributed by atoms with E-state index in [0.29, 0.717) is 97.8 Å². The molecular formula is C69H68FN27O21. The molecule has 11 N–H and O–H groups in total. The molecule has 1 fully saturated rings. The highest BCUT2D eigenvalue weighted by Crippen LogP contribution is 2.30. The summed E-state index contributed by atoms with van der Waals surface area (Å²) in [5, 5.41) is 66.7. The molecule has 1 saturated heterocycles. The molecule has 5 aromatic carbocycles. The Hall–Kier alpha value is -16.8. The quantitative estimate of drug-likeness (QED) is 0.0158. The number of aromatic amines is 4. The van der Waals surface area contributed by atoms with E-state index in [1.807, 2.05) is 57.2 Å². The average molecular weight is 1630 g/mol. The lowest BCUT2D eigenvalue weighted by Crippen LogP contribution is -2.40. The van der Waals surface area contributed by atoms with Crippen molar-refractivity contribution < 1.29 is 86.5 Å². The molecule has 118 heavy (non-hydrogen) atoms. The van der Waals surface area contributed by atoms with Gasteiger partial charge in [-0.2, -0.15) is 0 Å². The Morgan fingerprint density at radius 1 is 0.483 bits per heavy atom. The molecule has 0 bridgehead atoms. The molecule has 14 rings (SSSR count). The number of urea groups is 3. The van der Waals surface area contributed by atoms with Crippen molar-refractivity contribution in [3.05, 3.63) is 228 Å². The smallest absolute Gasteiger partial charge is 0.358 e. The number of aromatic nitrogens is 16. The van der Waals surface area contributed by atoms with Crippen molar-refractivity contribution in [3.63, 3.8) is 0 Å². The number of ether oxygens (including phenoxy) is 4. The number of benzene rings is 5. The highest BCUT2D eigenvalue weighted by atomic mass is 19.1. The van der Waals surface area contributed by atoms with E-state index in [-0.39, 0.29) is 46.8 Å². The second-order valence-corrected chi connectivity index (χ2v) is 23.5. The third-order valence-electron chi connectivity index (χ3n) is 15.7. The molecule has 49 heteroatoms. The topological polar surface area (TPSA) is 628 Å². The summed E-state index contributed by atoms with van der Waals surface area (Å²) in [5.74, 6) is -2.56. The number of nitro benzene ring substituents is 4. The van der Waals surface area contributed by atoms with Crippen molar-refractivity contribution in [2.24, 2.45) is 0 Å². The zero-order chi connectivity index (χ0) is 85.3. The monoisotopic (exact) mass is 1630 g/mol. The molecule has 9 heterocycles. The minimum Gasteiger partial charge on any atom is -0.476 e. The van der Waals surface area contributed by atoms with Crippen molar-refractivity contribution in [2.45, 2.75) is 20.8 Å². The second kappa shape index (κ2) is 39.9. The van der Waals surface area contributed by atoms with Gasteiger partial charge in [0, 0.05) is 92.8 Å². The molecule has 13 aromatic rings. The fourth-order valence-corrected chi connectivity index (χ4v) is 10.3. The van der Waals surface area contributed by atoms with E-state index in [0.717, 1.165) is 57.9 Å². The number of rotatable bonds is 19. The summed E-state index contributed by atoms with van der Waals surface area (Å²) in [7, 11) is 3.82. The van der Waals surface area contributed by atoms with Crippen LogP contribution in [0.25, 0.3) is 55.8 Å². The van der Waals surface area contributed by atoms with Crippen LogP contribution in [0.5, 0.6) is 0 Å². The van der Waals surface area contributed by atoms with E-state index < -0.39 is 72.1 Å². The number of carboxylic acid groups (broad SMARTS) is 1. The van der Waals surface area contributed by atoms with E-state index >= 15 is 0 Å². The SMILES string of the molecule is CCNC(=O)Nc1nc2ccc(-n3cnc(C(=O)N4CCOCC4)c3)cc2[nH]1.CCNC(=O)Nc1nc2ccc(-n3cnc(C(=O)O)c3)cc2[nH]1.CCNC(=O)Nc1nc2ccc(-n3cnc(C(=O)OC)c3)cc2[nH]1.COC(=O)c1cn(-c2ccc([N+](=O)[O-])c([N+](=O)[O-])c2)cn1.COC(=O)c1cnc[nH]1.O=[N+]([O-])c1ccc(F)cc1[N+](=O)[O-]. The number of H-pyrrole nitrogens is 4. The van der Waals surface area contributed by atoms with Crippen molar-refractivity contribution in [1.29, 1.82) is 0 Å². The van der Waals surface area contributed by atoms with Crippen LogP contribution in [0.3, 0.4) is 0 Å². The van der Waals surface area contributed by atoms with Crippen LogP contribution in [0.15, 0.2) is 154 Å². The Balaban J connectivity index is 0.000000166. The van der Waals surface area contributed by atoms with Gasteiger partial charge >= 0.3 is 64.7 Å². The lowest BCUT2D eigenvalue weighted by Gasteiger charge is -2.25. The van der Waals surface area contributed by atoms with Gasteiger partial charge < -0.3 is 83.1 Å². The maximum Gasteiger partial charge on any atom is 0.358 e. The van der Waals surface area contributed by atoms with Gasteiger partial charge in [0.2, 0.25) is 17.8 Å². The predicted molar refractivity (Wildman–Crippen MR) is 411 cm³/mol. The molecule has 7 amide bonds. The summed E-state index contributed by atoms with van der Waals surface area (Å²) >= 11 is 0. The number of nitro groups is 4. The number of amides is 7. The highest BCUT2D eigenvalue weighted by molar-refractivity contribution is 5.94. The second-order valence-electron chi connectivity index (χ2n) is 23.5. The van der Waals surface area contributed by atoms with Gasteiger partial charge in [0.15, 0.2) is 17.1 Å². The highest BCUT2D eigenvalue weighted by Gasteiger charge is 2.27. The molecule has 48 nitrogen and oxygen atoms in total. The number of aromatic carboxylic acids is 1. The molecular weight excluding hydrogens is 1560 g/mol. The molecule has 0 radical (unpaired) electrons. The number of methoxy groups -OCH3 is 3. The summed E-state index contributed by atoms with van der Waals surface area (Å²) in [5.41, 5.74) is 5.08. The van der Waals surface area contributed by atoms with Crippen LogP contribution in [0.4, 0.5) is 59.4 Å². The van der Waals surface area contributed by atoms with Gasteiger partial charge in [0.05, 0.1) is 112 Å². The number of morpholine rings is 1. The van der Waals surface area contributed by atoms with Crippen molar-refractivity contribution in [1.82, 2.24) is 98.9 Å². The Bertz CT molecular complexity index is 5840. The van der Waals surface area contributed by atoms with Crippen molar-refractivity contribution in [3.8, 4) is 22.7 Å². The third kappa shape index (κ3) is 22.5. The van der Waals surface area contributed by atoms with Crippen LogP contribution < -0.4 is 31.9 Å². The molecule has 612 valence electrons. The molecule has 8 aromatic heterocycles. The lowest BCUT2D eigenvalue weighted by atomic mass is 10.2. The van der Waals surface area contributed by atoms with Gasteiger partial charge in [0.25, 0.3) is 5.91 Å². The number of nitrogens with one attached hydrogen (secondary N) is 10. The Kier molecular flexibility index (Phi) is 28.8. The average Bonchev–Trinajstić information content (AvgIpc) is 1.62. The maximum absolute atomic E-state index is 12.5. The number of carbonyl (C=O) groups is 8. The lowest BCUT2D eigenvalue weighted by molar-refractivity contribution is -0.422. The van der Waals surface area contributed by atoms with Gasteiger partial charge in [-0.15, -0.1) is 0 Å². The van der Waals surface area contributed by atoms with E-state index in [1.165, 1.54) is 75.9 Å². The summed E-state index contributed by atoms with van der Waals surface area (Å²) in [6.45, 7) is 9.32. The molecule has 0 unspecified atom stereocenters. The normalized spacial score (nSPS) is 11.2. The first-order valence-electron chi connectivity index (χ1n) is 34.3. The Morgan fingerprint density at radius 3 is 1.20 bits per heavy atom. The molecule has 0 aliphatic carbocycles. The molecule has 1 aliphatic rings. The van der Waals surface area contributed by atoms with E-state index in [2.05, 4.69) is 106 Å². The number of nitrogens with zero attached hydrogens (tertiary/aromatic N) is 17. The van der Waals surface area contributed by atoms with Crippen LogP contribution in [-0.4, -0.2) is 223 Å². The summed E-state index contributed by atoms with van der Waals surface area (Å²) in [4.78, 5) is 176. The van der Waals surface area contributed by atoms with Gasteiger partial charge in [-0.3, -0.25) is 61.2 Å². The van der Waals surface area contributed by atoms with Crippen LogP contribution in [-0.2, 0) is 18.9 Å². The number of esters is 3. The van der Waals surface area contributed by atoms with Crippen LogP contribution in [0.2, 0.25) is 0 Å². The summed E-state index contributed by atoms with van der Waals surface area (Å²) in [6, 6.07) is 20.9. The van der Waals surface area contributed by atoms with Gasteiger partial charge in [0.1, 0.15) is 42.5 Å². The number of carboxylic acids is 1. The number of anilines is 3. The van der Waals surface area contributed by atoms with E-state index in [4.69, 9.17) is 9.84 Å². The first-order chi connectivity index (χ1) is 56.6. The van der Waals surface area contributed by atoms with Gasteiger partial charge in [-0.25, -0.2) is 77.8 Å².